The largest absolute Gasteiger partial charge is 0.495 e. The molecule has 0 unspecified atom stereocenters. The van der Waals surface area contributed by atoms with Gasteiger partial charge in [0.15, 0.2) is 0 Å². The maximum atomic E-state index is 12.9. The van der Waals surface area contributed by atoms with Gasteiger partial charge in [-0.25, -0.2) is 8.42 Å². The summed E-state index contributed by atoms with van der Waals surface area (Å²) in [6.45, 7) is 2.18. The number of methoxy groups -OCH3 is 1. The quantitative estimate of drug-likeness (QED) is 0.382. The van der Waals surface area contributed by atoms with E-state index in [1.807, 2.05) is 61.5 Å². The van der Waals surface area contributed by atoms with Crippen molar-refractivity contribution in [2.75, 3.05) is 23.0 Å². The van der Waals surface area contributed by atoms with Gasteiger partial charge < -0.3 is 10.1 Å². The molecule has 4 aromatic rings. The van der Waals surface area contributed by atoms with Crippen LogP contribution >= 0.6 is 11.3 Å². The summed E-state index contributed by atoms with van der Waals surface area (Å²) in [7, 11) is -1.94. The maximum absolute atomic E-state index is 12.9. The van der Waals surface area contributed by atoms with E-state index in [-0.39, 0.29) is 12.5 Å². The van der Waals surface area contributed by atoms with Crippen LogP contribution in [0.3, 0.4) is 0 Å². The van der Waals surface area contributed by atoms with Crippen LogP contribution in [0.15, 0.2) is 72.8 Å². The summed E-state index contributed by atoms with van der Waals surface area (Å²) < 4.78 is 32.7. The van der Waals surface area contributed by atoms with Gasteiger partial charge in [-0.2, -0.15) is 0 Å². The van der Waals surface area contributed by atoms with Crippen LogP contribution in [0.5, 0.6) is 5.75 Å². The van der Waals surface area contributed by atoms with Gasteiger partial charge in [-0.1, -0.05) is 36.4 Å². The molecule has 0 aliphatic heterocycles. The molecule has 0 radical (unpaired) electrons. The Kier molecular flexibility index (Phi) is 6.40. The van der Waals surface area contributed by atoms with Crippen molar-refractivity contribution in [2.45, 2.75) is 13.5 Å². The van der Waals surface area contributed by atoms with Crippen LogP contribution in [-0.2, 0) is 16.6 Å². The number of anilines is 2. The zero-order chi connectivity index (χ0) is 23.6. The van der Waals surface area contributed by atoms with Gasteiger partial charge >= 0.3 is 0 Å². The molecule has 0 fully saturated rings. The molecule has 1 aromatic heterocycles. The topological polar surface area (TPSA) is 75.7 Å². The number of hydrogen-bond donors (Lipinski definition) is 1. The first-order chi connectivity index (χ1) is 15.7. The van der Waals surface area contributed by atoms with E-state index in [4.69, 9.17) is 4.74 Å². The first-order valence-electron chi connectivity index (χ1n) is 10.3. The fraction of sp³-hybridized carbons (Fsp3) is 0.160. The number of aryl methyl sites for hydroxylation is 1. The van der Waals surface area contributed by atoms with Crippen molar-refractivity contribution in [1.29, 1.82) is 0 Å². The lowest BCUT2D eigenvalue weighted by molar-refractivity contribution is 0.103. The van der Waals surface area contributed by atoms with Crippen LogP contribution in [0.25, 0.3) is 10.1 Å². The first-order valence-corrected chi connectivity index (χ1v) is 12.9. The number of benzene rings is 3. The molecule has 1 heterocycles. The smallest absolute Gasteiger partial charge is 0.265 e. The molecule has 0 saturated heterocycles. The number of rotatable bonds is 7. The molecular weight excluding hydrogens is 456 g/mol. The molecule has 170 valence electrons. The number of ether oxygens (including phenoxy) is 1. The Morgan fingerprint density at radius 3 is 2.48 bits per heavy atom. The van der Waals surface area contributed by atoms with Crippen LogP contribution in [0.2, 0.25) is 0 Å². The molecule has 1 N–H and O–H groups in total. The van der Waals surface area contributed by atoms with E-state index >= 15 is 0 Å². The van der Waals surface area contributed by atoms with Crippen LogP contribution in [0.4, 0.5) is 11.4 Å². The standard InChI is InChI=1S/C25H24N2O4S2/c1-17-9-11-22(31-2)21(13-17)26-25(28)24-15-19-14-20(10-12-23(19)32-24)27(33(3,29)30)16-18-7-5-4-6-8-18/h4-15H,16H2,1-3H3,(H,26,28). The Morgan fingerprint density at radius 2 is 1.79 bits per heavy atom. The zero-order valence-corrected chi connectivity index (χ0v) is 20.2. The number of carbonyl (C=O) groups excluding carboxylic acids is 1. The first kappa shape index (κ1) is 22.8. The van der Waals surface area contributed by atoms with Crippen LogP contribution in [0.1, 0.15) is 20.8 Å². The van der Waals surface area contributed by atoms with Crippen molar-refractivity contribution in [1.82, 2.24) is 0 Å². The van der Waals surface area contributed by atoms with E-state index in [2.05, 4.69) is 5.32 Å². The summed E-state index contributed by atoms with van der Waals surface area (Å²) in [5.74, 6) is 0.341. The highest BCUT2D eigenvalue weighted by Gasteiger charge is 2.20. The minimum atomic E-state index is -3.50. The molecule has 6 nitrogen and oxygen atoms in total. The van der Waals surface area contributed by atoms with Gasteiger partial charge in [0, 0.05) is 4.70 Å². The highest BCUT2D eigenvalue weighted by Crippen LogP contribution is 2.32. The normalized spacial score (nSPS) is 11.4. The predicted octanol–water partition coefficient (Wildman–Crippen LogP) is 5.44. The van der Waals surface area contributed by atoms with Crippen molar-refractivity contribution in [3.05, 3.63) is 88.8 Å². The second kappa shape index (κ2) is 9.25. The van der Waals surface area contributed by atoms with Crippen molar-refractivity contribution < 1.29 is 17.9 Å². The van der Waals surface area contributed by atoms with Gasteiger partial charge in [0.05, 0.1) is 36.2 Å². The molecule has 0 bridgehead atoms. The van der Waals surface area contributed by atoms with Crippen molar-refractivity contribution in [2.24, 2.45) is 0 Å². The molecule has 0 spiro atoms. The highest BCUT2D eigenvalue weighted by molar-refractivity contribution is 7.92. The second-order valence-corrected chi connectivity index (χ2v) is 10.7. The molecule has 1 amide bonds. The summed E-state index contributed by atoms with van der Waals surface area (Å²) in [5.41, 5.74) is 3.05. The summed E-state index contributed by atoms with van der Waals surface area (Å²) in [6.07, 6.45) is 1.20. The van der Waals surface area contributed by atoms with Crippen molar-refractivity contribution in [3.63, 3.8) is 0 Å². The van der Waals surface area contributed by atoms with Gasteiger partial charge in [-0.05, 0) is 59.8 Å². The third-order valence-corrected chi connectivity index (χ3v) is 7.44. The number of hydrogen-bond acceptors (Lipinski definition) is 5. The SMILES string of the molecule is COc1ccc(C)cc1NC(=O)c1cc2cc(N(Cc3ccccc3)S(C)(=O)=O)ccc2s1. The molecule has 0 atom stereocenters. The van der Waals surface area contributed by atoms with Gasteiger partial charge in [0.2, 0.25) is 10.0 Å². The Balaban J connectivity index is 1.64. The molecule has 0 aliphatic carbocycles. The van der Waals surface area contributed by atoms with Gasteiger partial charge in [0.1, 0.15) is 5.75 Å². The lowest BCUT2D eigenvalue weighted by Crippen LogP contribution is -2.29. The predicted molar refractivity (Wildman–Crippen MR) is 135 cm³/mol. The molecular formula is C25H24N2O4S2. The molecule has 3 aromatic carbocycles. The second-order valence-electron chi connectivity index (χ2n) is 7.75. The summed E-state index contributed by atoms with van der Waals surface area (Å²) in [6, 6.07) is 22.2. The van der Waals surface area contributed by atoms with Crippen molar-refractivity contribution >= 4 is 48.7 Å². The van der Waals surface area contributed by atoms with E-state index < -0.39 is 10.0 Å². The monoisotopic (exact) mass is 480 g/mol. The van der Waals surface area contributed by atoms with Crippen LogP contribution in [0, 0.1) is 6.92 Å². The minimum Gasteiger partial charge on any atom is -0.495 e. The lowest BCUT2D eigenvalue weighted by atomic mass is 10.2. The number of nitrogens with one attached hydrogen (secondary N) is 1. The average Bonchev–Trinajstić information content (AvgIpc) is 3.21. The number of carbonyl (C=O) groups is 1. The van der Waals surface area contributed by atoms with Crippen LogP contribution in [-0.4, -0.2) is 27.7 Å². The highest BCUT2D eigenvalue weighted by atomic mass is 32.2. The fourth-order valence-corrected chi connectivity index (χ4v) is 5.37. The van der Waals surface area contributed by atoms with E-state index in [0.717, 1.165) is 21.2 Å². The Morgan fingerprint density at radius 1 is 1.03 bits per heavy atom. The number of nitrogens with zero attached hydrogens (tertiary/aromatic N) is 1. The Bertz CT molecular complexity index is 1410. The Hall–Kier alpha value is -3.36. The van der Waals surface area contributed by atoms with E-state index in [1.165, 1.54) is 21.9 Å². The van der Waals surface area contributed by atoms with E-state index in [1.54, 1.807) is 25.3 Å². The zero-order valence-electron chi connectivity index (χ0n) is 18.5. The third-order valence-electron chi connectivity index (χ3n) is 5.18. The van der Waals surface area contributed by atoms with Gasteiger partial charge in [-0.15, -0.1) is 11.3 Å². The average molecular weight is 481 g/mol. The van der Waals surface area contributed by atoms with Crippen LogP contribution < -0.4 is 14.4 Å². The Labute approximate surface area is 197 Å². The molecule has 0 aliphatic rings. The summed E-state index contributed by atoms with van der Waals surface area (Å²) in [4.78, 5) is 13.4. The number of fused-ring (bicyclic) bond motifs is 1. The maximum Gasteiger partial charge on any atom is 0.265 e. The molecule has 0 saturated carbocycles. The molecule has 33 heavy (non-hydrogen) atoms. The number of thiophene rings is 1. The molecule has 4 rings (SSSR count). The van der Waals surface area contributed by atoms with Crippen molar-refractivity contribution in [3.8, 4) is 5.75 Å². The number of amides is 1. The molecule has 8 heteroatoms. The lowest BCUT2D eigenvalue weighted by Gasteiger charge is -2.22. The fourth-order valence-electron chi connectivity index (χ4n) is 3.55. The summed E-state index contributed by atoms with van der Waals surface area (Å²) >= 11 is 1.35. The third kappa shape index (κ3) is 5.18. The number of sulfonamides is 1. The van der Waals surface area contributed by atoms with Gasteiger partial charge in [-0.3, -0.25) is 9.10 Å². The van der Waals surface area contributed by atoms with E-state index in [9.17, 15) is 13.2 Å². The van der Waals surface area contributed by atoms with Gasteiger partial charge in [0.25, 0.3) is 5.91 Å². The van der Waals surface area contributed by atoms with E-state index in [0.29, 0.717) is 22.0 Å². The summed E-state index contributed by atoms with van der Waals surface area (Å²) in [5, 5.41) is 3.72. The minimum absolute atomic E-state index is 0.232.